The van der Waals surface area contributed by atoms with Gasteiger partial charge in [0.15, 0.2) is 5.78 Å². The van der Waals surface area contributed by atoms with Crippen LogP contribution in [0.3, 0.4) is 0 Å². The molecule has 0 saturated carbocycles. The highest BCUT2D eigenvalue weighted by molar-refractivity contribution is 7.89. The summed E-state index contributed by atoms with van der Waals surface area (Å²) in [5.41, 5.74) is 0.734. The summed E-state index contributed by atoms with van der Waals surface area (Å²) in [7, 11) is -3.60. The summed E-state index contributed by atoms with van der Waals surface area (Å²) in [6, 6.07) is 22.3. The van der Waals surface area contributed by atoms with Gasteiger partial charge in [0.25, 0.3) is 0 Å². The SMILES string of the molecule is O=C(c1ccccc1)C1CCN(C(=O)C2CCN(S(=O)(=O)c3ccc4ccccc4c3)CC2)CC1. The summed E-state index contributed by atoms with van der Waals surface area (Å²) in [5, 5.41) is 1.90. The molecule has 0 aliphatic carbocycles. The highest BCUT2D eigenvalue weighted by Gasteiger charge is 2.35. The van der Waals surface area contributed by atoms with E-state index in [2.05, 4.69) is 0 Å². The van der Waals surface area contributed by atoms with Gasteiger partial charge in [0.1, 0.15) is 0 Å². The van der Waals surface area contributed by atoms with Gasteiger partial charge in [-0.2, -0.15) is 4.31 Å². The lowest BCUT2D eigenvalue weighted by molar-refractivity contribution is -0.138. The van der Waals surface area contributed by atoms with E-state index in [-0.39, 0.29) is 23.5 Å². The minimum absolute atomic E-state index is 0.0459. The highest BCUT2D eigenvalue weighted by Crippen LogP contribution is 2.29. The average molecular weight is 491 g/mol. The molecule has 3 aromatic rings. The second-order valence-corrected chi connectivity index (χ2v) is 11.5. The Kier molecular flexibility index (Phi) is 6.71. The molecule has 6 nitrogen and oxygen atoms in total. The molecule has 0 aromatic heterocycles. The number of hydrogen-bond acceptors (Lipinski definition) is 4. The quantitative estimate of drug-likeness (QED) is 0.498. The molecule has 2 heterocycles. The fraction of sp³-hybridized carbons (Fsp3) is 0.357. The average Bonchev–Trinajstić information content (AvgIpc) is 2.92. The maximum Gasteiger partial charge on any atom is 0.243 e. The number of hydrogen-bond donors (Lipinski definition) is 0. The van der Waals surface area contributed by atoms with Crippen molar-refractivity contribution in [3.8, 4) is 0 Å². The Labute approximate surface area is 206 Å². The number of amides is 1. The molecule has 2 saturated heterocycles. The molecule has 0 N–H and O–H groups in total. The third-order valence-corrected chi connectivity index (χ3v) is 9.29. The summed E-state index contributed by atoms with van der Waals surface area (Å²) in [5.74, 6) is 0.0399. The summed E-state index contributed by atoms with van der Waals surface area (Å²) in [6.45, 7) is 1.85. The van der Waals surface area contributed by atoms with Gasteiger partial charge < -0.3 is 4.90 Å². The lowest BCUT2D eigenvalue weighted by Crippen LogP contribution is -2.47. The monoisotopic (exact) mass is 490 g/mol. The van der Waals surface area contributed by atoms with E-state index in [9.17, 15) is 18.0 Å². The molecule has 0 spiro atoms. The summed E-state index contributed by atoms with van der Waals surface area (Å²) < 4.78 is 28.0. The van der Waals surface area contributed by atoms with Crippen molar-refractivity contribution in [3.63, 3.8) is 0 Å². The van der Waals surface area contributed by atoms with Crippen molar-refractivity contribution in [3.05, 3.63) is 78.4 Å². The summed E-state index contributed by atoms with van der Waals surface area (Å²) in [4.78, 5) is 28.0. The van der Waals surface area contributed by atoms with Gasteiger partial charge >= 0.3 is 0 Å². The van der Waals surface area contributed by atoms with Gasteiger partial charge in [0.2, 0.25) is 15.9 Å². The minimum Gasteiger partial charge on any atom is -0.342 e. The fourth-order valence-electron chi connectivity index (χ4n) is 5.28. The zero-order valence-corrected chi connectivity index (χ0v) is 20.5. The van der Waals surface area contributed by atoms with Crippen LogP contribution in [-0.4, -0.2) is 55.5 Å². The van der Waals surface area contributed by atoms with Gasteiger partial charge in [-0.3, -0.25) is 9.59 Å². The van der Waals surface area contributed by atoms with E-state index in [0.717, 1.165) is 16.3 Å². The lowest BCUT2D eigenvalue weighted by atomic mass is 9.88. The Morgan fingerprint density at radius 2 is 1.29 bits per heavy atom. The van der Waals surface area contributed by atoms with E-state index < -0.39 is 10.0 Å². The third kappa shape index (κ3) is 4.88. The van der Waals surface area contributed by atoms with E-state index in [1.165, 1.54) is 4.31 Å². The molecule has 0 unspecified atom stereocenters. The van der Waals surface area contributed by atoms with Gasteiger partial charge in [-0.15, -0.1) is 0 Å². The van der Waals surface area contributed by atoms with Crippen LogP contribution in [0.15, 0.2) is 77.7 Å². The highest BCUT2D eigenvalue weighted by atomic mass is 32.2. The zero-order chi connectivity index (χ0) is 24.4. The normalized spacial score (nSPS) is 18.6. The zero-order valence-electron chi connectivity index (χ0n) is 19.7. The first-order chi connectivity index (χ1) is 16.9. The minimum atomic E-state index is -3.60. The van der Waals surface area contributed by atoms with Crippen LogP contribution in [0, 0.1) is 11.8 Å². The number of likely N-dealkylation sites (tertiary alicyclic amines) is 1. The Hall–Kier alpha value is -3.03. The van der Waals surface area contributed by atoms with Crippen LogP contribution in [0.25, 0.3) is 10.8 Å². The van der Waals surface area contributed by atoms with E-state index in [4.69, 9.17) is 0 Å². The molecule has 2 fully saturated rings. The maximum atomic E-state index is 13.2. The molecule has 2 aliphatic rings. The summed E-state index contributed by atoms with van der Waals surface area (Å²) >= 11 is 0. The molecule has 0 atom stereocenters. The molecule has 0 bridgehead atoms. The second-order valence-electron chi connectivity index (χ2n) is 9.52. The van der Waals surface area contributed by atoms with Crippen LogP contribution < -0.4 is 0 Å². The van der Waals surface area contributed by atoms with Gasteiger partial charge in [-0.1, -0.05) is 60.7 Å². The number of benzene rings is 3. The second kappa shape index (κ2) is 9.91. The number of sulfonamides is 1. The van der Waals surface area contributed by atoms with E-state index in [1.54, 1.807) is 12.1 Å². The first-order valence-corrected chi connectivity index (χ1v) is 13.7. The summed E-state index contributed by atoms with van der Waals surface area (Å²) in [6.07, 6.45) is 2.40. The van der Waals surface area contributed by atoms with Gasteiger partial charge in [0, 0.05) is 43.6 Å². The van der Waals surface area contributed by atoms with Crippen molar-refractivity contribution in [1.29, 1.82) is 0 Å². The molecule has 3 aromatic carbocycles. The predicted octanol–water partition coefficient (Wildman–Crippen LogP) is 4.36. The van der Waals surface area contributed by atoms with Crippen LogP contribution in [-0.2, 0) is 14.8 Å². The topological polar surface area (TPSA) is 74.8 Å². The molecular formula is C28H30N2O4S. The van der Waals surface area contributed by atoms with E-state index in [0.29, 0.717) is 56.8 Å². The largest absolute Gasteiger partial charge is 0.342 e. The van der Waals surface area contributed by atoms with Crippen molar-refractivity contribution in [2.45, 2.75) is 30.6 Å². The smallest absolute Gasteiger partial charge is 0.243 e. The molecule has 35 heavy (non-hydrogen) atoms. The fourth-order valence-corrected chi connectivity index (χ4v) is 6.78. The van der Waals surface area contributed by atoms with Crippen molar-refractivity contribution in [2.24, 2.45) is 11.8 Å². The Bertz CT molecular complexity index is 1320. The molecule has 7 heteroatoms. The van der Waals surface area contributed by atoms with Gasteiger partial charge in [-0.25, -0.2) is 8.42 Å². The molecule has 2 aliphatic heterocycles. The van der Waals surface area contributed by atoms with Crippen molar-refractivity contribution in [1.82, 2.24) is 9.21 Å². The number of Topliss-reactive ketones (excluding diaryl/α,β-unsaturated/α-hetero) is 1. The van der Waals surface area contributed by atoms with E-state index in [1.807, 2.05) is 65.6 Å². The number of ketones is 1. The predicted molar refractivity (Wildman–Crippen MR) is 136 cm³/mol. The van der Waals surface area contributed by atoms with Crippen molar-refractivity contribution >= 4 is 32.5 Å². The van der Waals surface area contributed by atoms with Crippen LogP contribution in [0.5, 0.6) is 0 Å². The molecule has 1 amide bonds. The number of piperidine rings is 2. The first kappa shape index (κ1) is 23.7. The van der Waals surface area contributed by atoms with Crippen LogP contribution in [0.2, 0.25) is 0 Å². The lowest BCUT2D eigenvalue weighted by Gasteiger charge is -2.36. The Balaban J connectivity index is 1.16. The molecule has 0 radical (unpaired) electrons. The third-order valence-electron chi connectivity index (χ3n) is 7.40. The Morgan fingerprint density at radius 3 is 1.97 bits per heavy atom. The van der Waals surface area contributed by atoms with Gasteiger partial charge in [0.05, 0.1) is 4.90 Å². The number of nitrogens with zero attached hydrogens (tertiary/aromatic N) is 2. The number of rotatable bonds is 5. The Morgan fingerprint density at radius 1 is 0.686 bits per heavy atom. The van der Waals surface area contributed by atoms with Crippen LogP contribution in [0.4, 0.5) is 0 Å². The van der Waals surface area contributed by atoms with E-state index >= 15 is 0 Å². The van der Waals surface area contributed by atoms with Gasteiger partial charge in [-0.05, 0) is 48.6 Å². The number of carbonyl (C=O) groups is 2. The maximum absolute atomic E-state index is 13.2. The molecule has 5 rings (SSSR count). The first-order valence-electron chi connectivity index (χ1n) is 12.3. The molecular weight excluding hydrogens is 460 g/mol. The van der Waals surface area contributed by atoms with Crippen molar-refractivity contribution in [2.75, 3.05) is 26.2 Å². The van der Waals surface area contributed by atoms with Crippen LogP contribution >= 0.6 is 0 Å². The van der Waals surface area contributed by atoms with Crippen LogP contribution in [0.1, 0.15) is 36.0 Å². The standard InChI is InChI=1S/C28H30N2O4S/c31-27(22-7-2-1-3-8-22)23-12-16-29(17-13-23)28(32)24-14-18-30(19-15-24)35(33,34)26-11-10-21-6-4-5-9-25(21)20-26/h1-11,20,23-24H,12-19H2. The number of carbonyl (C=O) groups excluding carboxylic acids is 2. The number of fused-ring (bicyclic) bond motifs is 1. The molecule has 182 valence electrons. The van der Waals surface area contributed by atoms with Crippen molar-refractivity contribution < 1.29 is 18.0 Å².